The molecule has 13 heavy (non-hydrogen) atoms. The molecule has 1 N–H and O–H groups in total. The van der Waals surface area contributed by atoms with Crippen LogP contribution in [0.15, 0.2) is 12.1 Å². The van der Waals surface area contributed by atoms with Crippen LogP contribution in [0, 0.1) is 6.92 Å². The lowest BCUT2D eigenvalue weighted by Gasteiger charge is -2.01. The van der Waals surface area contributed by atoms with Gasteiger partial charge >= 0.3 is 0 Å². The zero-order chi connectivity index (χ0) is 9.42. The Morgan fingerprint density at radius 3 is 2.92 bits per heavy atom. The molecule has 1 aromatic heterocycles. The van der Waals surface area contributed by atoms with E-state index in [-0.39, 0.29) is 0 Å². The molecule has 0 radical (unpaired) electrons. The second kappa shape index (κ2) is 2.92. The summed E-state index contributed by atoms with van der Waals surface area (Å²) < 4.78 is 5.08. The third-order valence-corrected chi connectivity index (χ3v) is 2.31. The Balaban J connectivity index is 2.76. The van der Waals surface area contributed by atoms with Gasteiger partial charge in [-0.1, -0.05) is 11.6 Å². The number of aryl methyl sites for hydroxylation is 1. The minimum atomic E-state index is 0.611. The van der Waals surface area contributed by atoms with Gasteiger partial charge in [0.05, 0.1) is 17.6 Å². The van der Waals surface area contributed by atoms with Crippen LogP contribution < -0.4 is 4.74 Å². The number of fused-ring (bicyclic) bond motifs is 1. The fourth-order valence-corrected chi connectivity index (χ4v) is 1.54. The number of halogens is 1. The number of hydrogen-bond acceptors (Lipinski definition) is 2. The van der Waals surface area contributed by atoms with Gasteiger partial charge in [-0.05, 0) is 13.0 Å². The van der Waals surface area contributed by atoms with Crippen molar-refractivity contribution < 1.29 is 4.74 Å². The normalized spacial score (nSPS) is 10.7. The number of hydrogen-bond donors (Lipinski definition) is 1. The standard InChI is InChI=1S/C9H9ClN2O/c1-5-6-3-7(10)9(13-2)4-8(6)12-11-5/h3-4H,1-2H3,(H,11,12). The first-order valence-corrected chi connectivity index (χ1v) is 4.28. The highest BCUT2D eigenvalue weighted by Crippen LogP contribution is 2.29. The van der Waals surface area contributed by atoms with Crippen molar-refractivity contribution in [1.29, 1.82) is 0 Å². The molecule has 0 spiro atoms. The van der Waals surface area contributed by atoms with Crippen molar-refractivity contribution >= 4 is 22.5 Å². The van der Waals surface area contributed by atoms with E-state index in [2.05, 4.69) is 10.2 Å². The minimum absolute atomic E-state index is 0.611. The Hall–Kier alpha value is -1.22. The van der Waals surface area contributed by atoms with E-state index >= 15 is 0 Å². The summed E-state index contributed by atoms with van der Waals surface area (Å²) in [5, 5.41) is 8.64. The Morgan fingerprint density at radius 1 is 1.46 bits per heavy atom. The number of aromatic nitrogens is 2. The Bertz CT molecular complexity index is 450. The summed E-state index contributed by atoms with van der Waals surface area (Å²) >= 11 is 5.97. The van der Waals surface area contributed by atoms with Crippen molar-refractivity contribution in [3.05, 3.63) is 22.8 Å². The van der Waals surface area contributed by atoms with Crippen LogP contribution in [0.5, 0.6) is 5.75 Å². The van der Waals surface area contributed by atoms with Crippen molar-refractivity contribution in [2.24, 2.45) is 0 Å². The monoisotopic (exact) mass is 196 g/mol. The fourth-order valence-electron chi connectivity index (χ4n) is 1.30. The van der Waals surface area contributed by atoms with E-state index in [1.54, 1.807) is 7.11 Å². The third-order valence-electron chi connectivity index (χ3n) is 2.02. The molecular formula is C9H9ClN2O. The van der Waals surface area contributed by atoms with Crippen LogP contribution in [-0.2, 0) is 0 Å². The van der Waals surface area contributed by atoms with Gasteiger partial charge in [0.1, 0.15) is 5.75 Å². The molecule has 0 amide bonds. The van der Waals surface area contributed by atoms with Gasteiger partial charge in [0.15, 0.2) is 0 Å². The first-order chi connectivity index (χ1) is 6.22. The first-order valence-electron chi connectivity index (χ1n) is 3.90. The molecule has 2 aromatic rings. The number of H-pyrrole nitrogens is 1. The van der Waals surface area contributed by atoms with E-state index < -0.39 is 0 Å². The van der Waals surface area contributed by atoms with Gasteiger partial charge < -0.3 is 4.74 Å². The highest BCUT2D eigenvalue weighted by Gasteiger charge is 2.06. The third kappa shape index (κ3) is 1.25. The molecule has 0 aliphatic carbocycles. The molecule has 0 unspecified atom stereocenters. The number of ether oxygens (including phenoxy) is 1. The summed E-state index contributed by atoms with van der Waals surface area (Å²) in [6.45, 7) is 1.96. The second-order valence-electron chi connectivity index (χ2n) is 2.85. The molecular weight excluding hydrogens is 188 g/mol. The molecule has 0 fully saturated rings. The summed E-state index contributed by atoms with van der Waals surface area (Å²) in [5.41, 5.74) is 1.89. The summed E-state index contributed by atoms with van der Waals surface area (Å²) in [4.78, 5) is 0. The molecule has 0 bridgehead atoms. The predicted molar refractivity (Wildman–Crippen MR) is 52.4 cm³/mol. The molecule has 1 aromatic carbocycles. The van der Waals surface area contributed by atoms with Crippen molar-refractivity contribution in [2.45, 2.75) is 6.92 Å². The molecule has 4 heteroatoms. The number of nitrogens with zero attached hydrogens (tertiary/aromatic N) is 1. The Kier molecular flexibility index (Phi) is 1.88. The van der Waals surface area contributed by atoms with Crippen LogP contribution in [0.3, 0.4) is 0 Å². The molecule has 68 valence electrons. The first kappa shape index (κ1) is 8.38. The van der Waals surface area contributed by atoms with Gasteiger partial charge in [-0.2, -0.15) is 5.10 Å². The lowest BCUT2D eigenvalue weighted by atomic mass is 10.2. The van der Waals surface area contributed by atoms with Crippen LogP contribution in [0.25, 0.3) is 10.9 Å². The summed E-state index contributed by atoms with van der Waals surface area (Å²) in [7, 11) is 1.59. The lowest BCUT2D eigenvalue weighted by Crippen LogP contribution is -1.83. The van der Waals surface area contributed by atoms with Crippen LogP contribution in [-0.4, -0.2) is 17.3 Å². The zero-order valence-corrected chi connectivity index (χ0v) is 8.14. The van der Waals surface area contributed by atoms with Crippen molar-refractivity contribution in [3.8, 4) is 5.75 Å². The highest BCUT2D eigenvalue weighted by molar-refractivity contribution is 6.32. The van der Waals surface area contributed by atoms with E-state index in [1.807, 2.05) is 19.1 Å². The molecule has 0 aliphatic heterocycles. The molecule has 0 aliphatic rings. The van der Waals surface area contributed by atoms with Crippen LogP contribution in [0.2, 0.25) is 5.02 Å². The van der Waals surface area contributed by atoms with Crippen molar-refractivity contribution in [1.82, 2.24) is 10.2 Å². The van der Waals surface area contributed by atoms with Gasteiger partial charge in [-0.15, -0.1) is 0 Å². The van der Waals surface area contributed by atoms with E-state index in [4.69, 9.17) is 16.3 Å². The van der Waals surface area contributed by atoms with Gasteiger partial charge in [0.2, 0.25) is 0 Å². The number of nitrogens with one attached hydrogen (secondary N) is 1. The molecule has 0 saturated carbocycles. The fraction of sp³-hybridized carbons (Fsp3) is 0.222. The number of rotatable bonds is 1. The van der Waals surface area contributed by atoms with Gasteiger partial charge in [0, 0.05) is 17.1 Å². The topological polar surface area (TPSA) is 37.9 Å². The van der Waals surface area contributed by atoms with Gasteiger partial charge in [-0.3, -0.25) is 5.10 Å². The highest BCUT2D eigenvalue weighted by atomic mass is 35.5. The molecule has 2 rings (SSSR count). The number of methoxy groups -OCH3 is 1. The predicted octanol–water partition coefficient (Wildman–Crippen LogP) is 2.53. The molecule has 0 atom stereocenters. The lowest BCUT2D eigenvalue weighted by molar-refractivity contribution is 0.415. The molecule has 0 saturated heterocycles. The van der Waals surface area contributed by atoms with E-state index in [0.717, 1.165) is 16.6 Å². The Morgan fingerprint density at radius 2 is 2.23 bits per heavy atom. The van der Waals surface area contributed by atoms with Crippen molar-refractivity contribution in [3.63, 3.8) is 0 Å². The van der Waals surface area contributed by atoms with E-state index in [9.17, 15) is 0 Å². The second-order valence-corrected chi connectivity index (χ2v) is 3.26. The largest absolute Gasteiger partial charge is 0.495 e. The summed E-state index contributed by atoms with van der Waals surface area (Å²) in [6, 6.07) is 3.68. The zero-order valence-electron chi connectivity index (χ0n) is 7.39. The maximum absolute atomic E-state index is 5.97. The number of benzene rings is 1. The van der Waals surface area contributed by atoms with E-state index in [1.165, 1.54) is 0 Å². The maximum atomic E-state index is 5.97. The van der Waals surface area contributed by atoms with Gasteiger partial charge in [0.25, 0.3) is 0 Å². The maximum Gasteiger partial charge on any atom is 0.139 e. The average Bonchev–Trinajstić information content (AvgIpc) is 2.47. The summed E-state index contributed by atoms with van der Waals surface area (Å²) in [6.07, 6.45) is 0. The molecule has 3 nitrogen and oxygen atoms in total. The van der Waals surface area contributed by atoms with Crippen LogP contribution in [0.4, 0.5) is 0 Å². The Labute approximate surface area is 80.7 Å². The molecule has 1 heterocycles. The van der Waals surface area contributed by atoms with Crippen LogP contribution >= 0.6 is 11.6 Å². The average molecular weight is 197 g/mol. The quantitative estimate of drug-likeness (QED) is 0.761. The van der Waals surface area contributed by atoms with E-state index in [0.29, 0.717) is 10.8 Å². The smallest absolute Gasteiger partial charge is 0.139 e. The van der Waals surface area contributed by atoms with Crippen LogP contribution in [0.1, 0.15) is 5.69 Å². The number of aromatic amines is 1. The SMILES string of the molecule is COc1cc2n[nH]c(C)c2cc1Cl. The van der Waals surface area contributed by atoms with Crippen molar-refractivity contribution in [2.75, 3.05) is 7.11 Å². The van der Waals surface area contributed by atoms with Gasteiger partial charge in [-0.25, -0.2) is 0 Å². The summed E-state index contributed by atoms with van der Waals surface area (Å²) in [5.74, 6) is 0.653. The minimum Gasteiger partial charge on any atom is -0.495 e.